The van der Waals surface area contributed by atoms with E-state index in [0.717, 1.165) is 12.1 Å². The maximum Gasteiger partial charge on any atom is 0.131 e. The van der Waals surface area contributed by atoms with Gasteiger partial charge in [0.2, 0.25) is 0 Å². The van der Waals surface area contributed by atoms with Crippen LogP contribution in [0.2, 0.25) is 5.02 Å². The van der Waals surface area contributed by atoms with Crippen LogP contribution in [0.5, 0.6) is 0 Å². The number of hydrogen-bond acceptors (Lipinski definition) is 1. The van der Waals surface area contributed by atoms with Gasteiger partial charge in [0.25, 0.3) is 0 Å². The summed E-state index contributed by atoms with van der Waals surface area (Å²) in [5.74, 6) is -1.82. The van der Waals surface area contributed by atoms with Crippen LogP contribution >= 0.6 is 11.6 Å². The Hall–Kier alpha value is -1.52. The highest BCUT2D eigenvalue weighted by Gasteiger charge is 2.20. The molecular formula is C15H13ClF3N. The van der Waals surface area contributed by atoms with E-state index >= 15 is 0 Å². The molecule has 0 aliphatic rings. The maximum absolute atomic E-state index is 13.9. The lowest BCUT2D eigenvalue weighted by atomic mass is 9.98. The molecule has 1 nitrogen and oxygen atoms in total. The predicted octanol–water partition coefficient (Wildman–Crippen LogP) is 4.46. The number of rotatable bonds is 4. The summed E-state index contributed by atoms with van der Waals surface area (Å²) in [6.07, 6.45) is 0. The summed E-state index contributed by atoms with van der Waals surface area (Å²) in [5.41, 5.74) is 0.639. The van der Waals surface area contributed by atoms with Crippen molar-refractivity contribution in [1.29, 1.82) is 0 Å². The Morgan fingerprint density at radius 2 is 1.65 bits per heavy atom. The van der Waals surface area contributed by atoms with Crippen molar-refractivity contribution in [3.63, 3.8) is 0 Å². The Balaban J connectivity index is 2.53. The molecule has 20 heavy (non-hydrogen) atoms. The minimum Gasteiger partial charge on any atom is -0.306 e. The van der Waals surface area contributed by atoms with Gasteiger partial charge in [0.15, 0.2) is 0 Å². The van der Waals surface area contributed by atoms with Crippen molar-refractivity contribution in [1.82, 2.24) is 5.32 Å². The van der Waals surface area contributed by atoms with Crippen LogP contribution in [-0.2, 0) is 0 Å². The lowest BCUT2D eigenvalue weighted by molar-refractivity contribution is 0.538. The first-order chi connectivity index (χ1) is 9.52. The summed E-state index contributed by atoms with van der Waals surface area (Å²) >= 11 is 6.06. The Kier molecular flexibility index (Phi) is 4.68. The van der Waals surface area contributed by atoms with Gasteiger partial charge in [0, 0.05) is 16.7 Å². The first kappa shape index (κ1) is 14.9. The first-order valence-electron chi connectivity index (χ1n) is 6.16. The molecule has 0 saturated heterocycles. The molecular weight excluding hydrogens is 287 g/mol. The van der Waals surface area contributed by atoms with Gasteiger partial charge >= 0.3 is 0 Å². The van der Waals surface area contributed by atoms with Crippen molar-refractivity contribution in [3.8, 4) is 0 Å². The van der Waals surface area contributed by atoms with Crippen LogP contribution in [0.15, 0.2) is 36.4 Å². The van der Waals surface area contributed by atoms with Gasteiger partial charge < -0.3 is 5.32 Å². The smallest absolute Gasteiger partial charge is 0.131 e. The summed E-state index contributed by atoms with van der Waals surface area (Å²) in [4.78, 5) is 0. The molecule has 0 amide bonds. The van der Waals surface area contributed by atoms with Crippen molar-refractivity contribution >= 4 is 11.6 Å². The van der Waals surface area contributed by atoms with Crippen LogP contribution in [0.4, 0.5) is 13.2 Å². The van der Waals surface area contributed by atoms with E-state index in [9.17, 15) is 13.2 Å². The minimum atomic E-state index is -0.698. The second-order valence-electron chi connectivity index (χ2n) is 4.32. The fourth-order valence-corrected chi connectivity index (χ4v) is 2.29. The van der Waals surface area contributed by atoms with Crippen LogP contribution < -0.4 is 5.32 Å². The quantitative estimate of drug-likeness (QED) is 0.879. The summed E-state index contributed by atoms with van der Waals surface area (Å²) in [7, 11) is 0. The van der Waals surface area contributed by atoms with Gasteiger partial charge in [-0.05, 0) is 36.4 Å². The highest BCUT2D eigenvalue weighted by molar-refractivity contribution is 6.31. The topological polar surface area (TPSA) is 12.0 Å². The van der Waals surface area contributed by atoms with E-state index < -0.39 is 23.5 Å². The Morgan fingerprint density at radius 1 is 1.00 bits per heavy atom. The summed E-state index contributed by atoms with van der Waals surface area (Å²) in [5, 5.41) is 3.35. The lowest BCUT2D eigenvalue weighted by Gasteiger charge is -2.20. The fraction of sp³-hybridized carbons (Fsp3) is 0.200. The highest BCUT2D eigenvalue weighted by Crippen LogP contribution is 2.30. The first-order valence-corrected chi connectivity index (χ1v) is 6.54. The van der Waals surface area contributed by atoms with E-state index in [-0.39, 0.29) is 5.56 Å². The lowest BCUT2D eigenvalue weighted by Crippen LogP contribution is -2.23. The van der Waals surface area contributed by atoms with E-state index in [2.05, 4.69) is 5.32 Å². The zero-order chi connectivity index (χ0) is 14.7. The second kappa shape index (κ2) is 6.29. The van der Waals surface area contributed by atoms with Gasteiger partial charge in [-0.3, -0.25) is 0 Å². The average Bonchev–Trinajstić information content (AvgIpc) is 2.40. The van der Waals surface area contributed by atoms with Gasteiger partial charge in [-0.25, -0.2) is 13.2 Å². The van der Waals surface area contributed by atoms with Crippen LogP contribution in [0, 0.1) is 17.5 Å². The summed E-state index contributed by atoms with van der Waals surface area (Å²) < 4.78 is 40.3. The van der Waals surface area contributed by atoms with E-state index in [1.54, 1.807) is 0 Å². The number of halogens is 4. The van der Waals surface area contributed by atoms with Crippen molar-refractivity contribution in [3.05, 3.63) is 70.0 Å². The number of benzene rings is 2. The van der Waals surface area contributed by atoms with Gasteiger partial charge in [-0.1, -0.05) is 24.6 Å². The Labute approximate surface area is 120 Å². The molecule has 0 spiro atoms. The Morgan fingerprint density at radius 3 is 2.30 bits per heavy atom. The fourth-order valence-electron chi connectivity index (χ4n) is 2.06. The molecule has 0 aliphatic heterocycles. The van der Waals surface area contributed by atoms with Crippen LogP contribution in [0.3, 0.4) is 0 Å². The standard InChI is InChI=1S/C15H13ClF3N/c1-2-20-15(11-5-3-10(18)8-14(11)19)12-7-9(17)4-6-13(12)16/h3-8,15,20H,2H2,1H3. The zero-order valence-electron chi connectivity index (χ0n) is 10.8. The van der Waals surface area contributed by atoms with Crippen LogP contribution in [0.1, 0.15) is 24.1 Å². The van der Waals surface area contributed by atoms with E-state index in [4.69, 9.17) is 11.6 Å². The third kappa shape index (κ3) is 3.14. The number of hydrogen-bond donors (Lipinski definition) is 1. The molecule has 0 aliphatic carbocycles. The SMILES string of the molecule is CCNC(c1ccc(F)cc1F)c1cc(F)ccc1Cl. The number of nitrogens with one attached hydrogen (secondary N) is 1. The molecule has 2 aromatic carbocycles. The van der Waals surface area contributed by atoms with Crippen molar-refractivity contribution in [2.24, 2.45) is 0 Å². The van der Waals surface area contributed by atoms with Gasteiger partial charge in [0.05, 0.1) is 6.04 Å². The third-order valence-corrected chi connectivity index (χ3v) is 3.30. The molecule has 0 bridgehead atoms. The maximum atomic E-state index is 13.9. The van der Waals surface area contributed by atoms with E-state index in [1.807, 2.05) is 6.92 Å². The van der Waals surface area contributed by atoms with Crippen molar-refractivity contribution in [2.75, 3.05) is 6.54 Å². The second-order valence-corrected chi connectivity index (χ2v) is 4.73. The Bertz CT molecular complexity index is 616. The summed E-state index contributed by atoms with van der Waals surface area (Å²) in [6.45, 7) is 2.36. The molecule has 0 saturated carbocycles. The average molecular weight is 300 g/mol. The molecule has 0 fully saturated rings. The normalized spacial score (nSPS) is 12.4. The van der Waals surface area contributed by atoms with Crippen molar-refractivity contribution in [2.45, 2.75) is 13.0 Å². The van der Waals surface area contributed by atoms with Gasteiger partial charge in [-0.2, -0.15) is 0 Å². The molecule has 2 aromatic rings. The molecule has 1 unspecified atom stereocenters. The predicted molar refractivity (Wildman–Crippen MR) is 73.3 cm³/mol. The van der Waals surface area contributed by atoms with Gasteiger partial charge in [-0.15, -0.1) is 0 Å². The molecule has 2 rings (SSSR count). The molecule has 0 radical (unpaired) electrons. The molecule has 106 valence electrons. The largest absolute Gasteiger partial charge is 0.306 e. The third-order valence-electron chi connectivity index (χ3n) is 2.95. The van der Waals surface area contributed by atoms with E-state index in [1.165, 1.54) is 24.3 Å². The minimum absolute atomic E-state index is 0.223. The van der Waals surface area contributed by atoms with Crippen molar-refractivity contribution < 1.29 is 13.2 Å². The summed E-state index contributed by atoms with van der Waals surface area (Å²) in [6, 6.07) is 6.55. The highest BCUT2D eigenvalue weighted by atomic mass is 35.5. The van der Waals surface area contributed by atoms with E-state index in [0.29, 0.717) is 17.1 Å². The molecule has 1 N–H and O–H groups in total. The molecule has 0 aromatic heterocycles. The molecule has 1 atom stereocenters. The van der Waals surface area contributed by atoms with Gasteiger partial charge in [0.1, 0.15) is 17.5 Å². The monoisotopic (exact) mass is 299 g/mol. The zero-order valence-corrected chi connectivity index (χ0v) is 11.5. The molecule has 5 heteroatoms. The van der Waals surface area contributed by atoms with Crippen LogP contribution in [0.25, 0.3) is 0 Å². The van der Waals surface area contributed by atoms with Crippen LogP contribution in [-0.4, -0.2) is 6.54 Å². The molecule has 0 heterocycles.